The van der Waals surface area contributed by atoms with Crippen LogP contribution >= 0.6 is 0 Å². The fourth-order valence-electron chi connectivity index (χ4n) is 2.92. The number of hydrogen-bond donors (Lipinski definition) is 0. The van der Waals surface area contributed by atoms with E-state index in [1.807, 2.05) is 0 Å². The van der Waals surface area contributed by atoms with E-state index in [1.54, 1.807) is 9.07 Å². The molecule has 0 amide bonds. The van der Waals surface area contributed by atoms with Crippen LogP contribution in [0.4, 0.5) is 0 Å². The number of allylic oxidation sites excluding steroid dienone is 4. The van der Waals surface area contributed by atoms with Crippen molar-refractivity contribution in [2.24, 2.45) is 0 Å². The topological polar surface area (TPSA) is 9.23 Å². The monoisotopic (exact) mass is 378 g/mol. The molecule has 0 heterocycles. The minimum atomic E-state index is -1.92. The summed E-state index contributed by atoms with van der Waals surface area (Å²) in [7, 11) is -2.62. The SMILES string of the molecule is [CH2]=[Ti]([O]c1cc(C)cc([Si](C)(C)C)c1)[C]1=C([Si](C)(C)C)C=CC1. The molecule has 0 aliphatic heterocycles. The van der Waals surface area contributed by atoms with Gasteiger partial charge >= 0.3 is 151 Å². The van der Waals surface area contributed by atoms with Crippen LogP contribution in [-0.2, 0) is 17.8 Å². The molecule has 1 aliphatic rings. The Morgan fingerprint density at radius 3 is 2.22 bits per heavy atom. The van der Waals surface area contributed by atoms with E-state index >= 15 is 0 Å². The van der Waals surface area contributed by atoms with Gasteiger partial charge < -0.3 is 0 Å². The average Bonchev–Trinajstić information content (AvgIpc) is 2.85. The Hall–Kier alpha value is -0.482. The zero-order chi connectivity index (χ0) is 17.4. The summed E-state index contributed by atoms with van der Waals surface area (Å²) in [5.41, 5.74) is 1.30. The van der Waals surface area contributed by atoms with Crippen molar-refractivity contribution < 1.29 is 21.1 Å². The Bertz CT molecular complexity index is 688. The molecule has 23 heavy (non-hydrogen) atoms. The van der Waals surface area contributed by atoms with Crippen molar-refractivity contribution in [2.75, 3.05) is 0 Å². The molecule has 1 aliphatic carbocycles. The van der Waals surface area contributed by atoms with E-state index in [4.69, 9.17) is 3.32 Å². The van der Waals surface area contributed by atoms with E-state index in [2.05, 4.69) is 81.4 Å². The van der Waals surface area contributed by atoms with Gasteiger partial charge in [0.05, 0.1) is 0 Å². The number of aryl methyl sites for hydroxylation is 1. The van der Waals surface area contributed by atoms with Gasteiger partial charge in [0.15, 0.2) is 0 Å². The molecule has 0 fully saturated rings. The van der Waals surface area contributed by atoms with Gasteiger partial charge in [-0.05, 0) is 0 Å². The molecule has 0 atom stereocenters. The van der Waals surface area contributed by atoms with Crippen LogP contribution in [0.2, 0.25) is 39.3 Å². The van der Waals surface area contributed by atoms with Gasteiger partial charge in [0, 0.05) is 0 Å². The normalized spacial score (nSPS) is 15.3. The molecule has 0 saturated carbocycles. The molecule has 1 aromatic rings. The van der Waals surface area contributed by atoms with Crippen LogP contribution < -0.4 is 8.51 Å². The summed E-state index contributed by atoms with van der Waals surface area (Å²) in [5.74, 6) is 1.04. The van der Waals surface area contributed by atoms with E-state index in [-0.39, 0.29) is 0 Å². The van der Waals surface area contributed by atoms with Crippen LogP contribution in [0.3, 0.4) is 0 Å². The van der Waals surface area contributed by atoms with E-state index < -0.39 is 33.9 Å². The molecule has 0 saturated heterocycles. The van der Waals surface area contributed by atoms with Crippen molar-refractivity contribution in [3.8, 4) is 5.75 Å². The summed E-state index contributed by atoms with van der Waals surface area (Å²) in [5, 5.41) is 3.06. The van der Waals surface area contributed by atoms with Gasteiger partial charge in [0.2, 0.25) is 0 Å². The summed E-state index contributed by atoms with van der Waals surface area (Å²) in [6.07, 6.45) is 5.70. The number of rotatable bonds is 5. The van der Waals surface area contributed by atoms with E-state index in [9.17, 15) is 0 Å². The molecule has 0 bridgehead atoms. The van der Waals surface area contributed by atoms with Crippen molar-refractivity contribution >= 4 is 26.2 Å². The zero-order valence-corrected chi connectivity index (χ0v) is 19.3. The second kappa shape index (κ2) is 6.79. The molecule has 1 nitrogen and oxygen atoms in total. The third-order valence-corrected chi connectivity index (χ3v) is 11.3. The molecular weight excluding hydrogens is 348 g/mol. The third kappa shape index (κ3) is 4.76. The Kier molecular flexibility index (Phi) is 5.57. The molecule has 4 heteroatoms. The van der Waals surface area contributed by atoms with Crippen LogP contribution in [0.25, 0.3) is 0 Å². The van der Waals surface area contributed by atoms with E-state index in [0.717, 1.165) is 12.2 Å². The van der Waals surface area contributed by atoms with Gasteiger partial charge in [-0.15, -0.1) is 0 Å². The maximum absolute atomic E-state index is 6.44. The summed E-state index contributed by atoms with van der Waals surface area (Å²) >= 11 is -1.92. The Morgan fingerprint density at radius 2 is 1.65 bits per heavy atom. The van der Waals surface area contributed by atoms with Crippen LogP contribution in [-0.4, -0.2) is 21.0 Å². The van der Waals surface area contributed by atoms with E-state index in [0.29, 0.717) is 0 Å². The van der Waals surface area contributed by atoms with Crippen molar-refractivity contribution in [3.63, 3.8) is 0 Å². The van der Waals surface area contributed by atoms with E-state index in [1.165, 1.54) is 10.8 Å². The molecule has 0 spiro atoms. The van der Waals surface area contributed by atoms with Gasteiger partial charge in [-0.25, -0.2) is 0 Å². The van der Waals surface area contributed by atoms with Crippen LogP contribution in [0.1, 0.15) is 12.0 Å². The second-order valence-electron chi connectivity index (χ2n) is 8.56. The molecule has 0 aromatic heterocycles. The van der Waals surface area contributed by atoms with Gasteiger partial charge in [-0.3, -0.25) is 0 Å². The van der Waals surface area contributed by atoms with Crippen LogP contribution in [0.15, 0.2) is 39.4 Å². The molecular formula is C19H30OSi2Ti. The fraction of sp³-hybridized carbons (Fsp3) is 0.421. The van der Waals surface area contributed by atoms with Gasteiger partial charge in [0.1, 0.15) is 0 Å². The first-order valence-electron chi connectivity index (χ1n) is 8.38. The Morgan fingerprint density at radius 1 is 1.00 bits per heavy atom. The predicted octanol–water partition coefficient (Wildman–Crippen LogP) is 4.98. The predicted molar refractivity (Wildman–Crippen MR) is 106 cm³/mol. The fourth-order valence-corrected chi connectivity index (χ4v) is 10.1. The number of hydrogen-bond acceptors (Lipinski definition) is 1. The maximum atomic E-state index is 6.44. The molecule has 0 unspecified atom stereocenters. The minimum absolute atomic E-state index is 1.04. The van der Waals surface area contributed by atoms with Gasteiger partial charge in [-0.1, -0.05) is 0 Å². The van der Waals surface area contributed by atoms with Crippen LogP contribution in [0, 0.1) is 6.92 Å². The third-order valence-electron chi connectivity index (χ3n) is 4.23. The second-order valence-corrected chi connectivity index (χ2v) is 21.3. The standard InChI is InChI=1S/C10H16OSi.C8H13Si.CH2.Ti/c1-8-5-9(11)7-10(6-8)12(2,3)4;1-9(2,3)8-6-4-5-7-8;;/h5-7,11H,1-4H3;4,6H,5H2,1-3H3;1H2;/q;;;+1/p-1. The van der Waals surface area contributed by atoms with Gasteiger partial charge in [0.25, 0.3) is 0 Å². The first kappa shape index (κ1) is 18.9. The first-order valence-corrected chi connectivity index (χ1v) is 17.9. The van der Waals surface area contributed by atoms with Crippen molar-refractivity contribution in [2.45, 2.75) is 52.6 Å². The molecule has 1 aromatic carbocycles. The van der Waals surface area contributed by atoms with Crippen molar-refractivity contribution in [1.82, 2.24) is 0 Å². The summed E-state index contributed by atoms with van der Waals surface area (Å²) in [6.45, 7) is 16.6. The Labute approximate surface area is 150 Å². The summed E-state index contributed by atoms with van der Waals surface area (Å²) < 4.78 is 7.98. The van der Waals surface area contributed by atoms with Crippen molar-refractivity contribution in [3.05, 3.63) is 45.0 Å². The molecule has 124 valence electrons. The molecule has 0 N–H and O–H groups in total. The van der Waals surface area contributed by atoms with Crippen LogP contribution in [0.5, 0.6) is 5.75 Å². The average molecular weight is 378 g/mol. The summed E-state index contributed by atoms with van der Waals surface area (Å²) in [4.78, 5) is 4.48. The summed E-state index contributed by atoms with van der Waals surface area (Å²) in [6, 6.07) is 6.78. The molecule has 0 radical (unpaired) electrons. The number of benzene rings is 1. The van der Waals surface area contributed by atoms with Crippen molar-refractivity contribution in [1.29, 1.82) is 0 Å². The van der Waals surface area contributed by atoms with Gasteiger partial charge in [-0.2, -0.15) is 0 Å². The molecule has 2 rings (SSSR count). The first-order chi connectivity index (χ1) is 10.5. The quantitative estimate of drug-likeness (QED) is 0.657. The zero-order valence-electron chi connectivity index (χ0n) is 15.7. The Balaban J connectivity index is 2.30.